The Hall–Kier alpha value is -1.78. The molecule has 0 radical (unpaired) electrons. The van der Waals surface area contributed by atoms with Crippen molar-refractivity contribution in [1.29, 1.82) is 0 Å². The van der Waals surface area contributed by atoms with Crippen molar-refractivity contribution < 1.29 is 9.53 Å². The van der Waals surface area contributed by atoms with E-state index in [0.717, 1.165) is 0 Å². The first-order valence-corrected chi connectivity index (χ1v) is 4.44. The standard InChI is InChI=1S/C10H14N2O3/c1-11(2)9(13)8-7(15-4)5-6-12(3)10(8)14/h5-6H,1-4H3. The number of aryl methyl sites for hydroxylation is 1. The van der Waals surface area contributed by atoms with E-state index < -0.39 is 0 Å². The Balaban J connectivity index is 3.43. The van der Waals surface area contributed by atoms with E-state index in [4.69, 9.17) is 4.74 Å². The summed E-state index contributed by atoms with van der Waals surface area (Å²) in [5, 5.41) is 0. The molecule has 0 saturated heterocycles. The second-order valence-electron chi connectivity index (χ2n) is 3.37. The van der Waals surface area contributed by atoms with Crippen LogP contribution in [0, 0.1) is 0 Å². The maximum Gasteiger partial charge on any atom is 0.266 e. The van der Waals surface area contributed by atoms with Gasteiger partial charge in [0.25, 0.3) is 11.5 Å². The minimum absolute atomic E-state index is 0.0625. The first-order valence-electron chi connectivity index (χ1n) is 4.44. The van der Waals surface area contributed by atoms with E-state index in [0.29, 0.717) is 5.75 Å². The number of carbonyl (C=O) groups excluding carboxylic acids is 1. The second kappa shape index (κ2) is 4.16. The van der Waals surface area contributed by atoms with E-state index in [9.17, 15) is 9.59 Å². The molecule has 15 heavy (non-hydrogen) atoms. The molecule has 1 aromatic heterocycles. The molecular formula is C10H14N2O3. The van der Waals surface area contributed by atoms with Crippen molar-refractivity contribution in [3.8, 4) is 5.75 Å². The van der Waals surface area contributed by atoms with Crippen LogP contribution >= 0.6 is 0 Å². The van der Waals surface area contributed by atoms with Crippen molar-refractivity contribution in [2.24, 2.45) is 7.05 Å². The number of ether oxygens (including phenoxy) is 1. The van der Waals surface area contributed by atoms with Gasteiger partial charge in [-0.15, -0.1) is 0 Å². The van der Waals surface area contributed by atoms with E-state index >= 15 is 0 Å². The third kappa shape index (κ3) is 2.01. The molecule has 0 unspecified atom stereocenters. The van der Waals surface area contributed by atoms with Gasteiger partial charge < -0.3 is 14.2 Å². The number of amides is 1. The van der Waals surface area contributed by atoms with Gasteiger partial charge in [0.05, 0.1) is 7.11 Å². The predicted octanol–water partition coefficient (Wildman–Crippen LogP) is 0.0957. The predicted molar refractivity (Wildman–Crippen MR) is 56.3 cm³/mol. The molecule has 0 N–H and O–H groups in total. The van der Waals surface area contributed by atoms with Crippen LogP contribution in [0.4, 0.5) is 0 Å². The summed E-state index contributed by atoms with van der Waals surface area (Å²) in [6.07, 6.45) is 1.56. The van der Waals surface area contributed by atoms with E-state index in [2.05, 4.69) is 0 Å². The van der Waals surface area contributed by atoms with Crippen molar-refractivity contribution in [2.75, 3.05) is 21.2 Å². The summed E-state index contributed by atoms with van der Waals surface area (Å²) in [5.74, 6) is -0.0511. The summed E-state index contributed by atoms with van der Waals surface area (Å²) in [4.78, 5) is 24.8. The highest BCUT2D eigenvalue weighted by atomic mass is 16.5. The molecule has 0 aliphatic heterocycles. The van der Waals surface area contributed by atoms with Gasteiger partial charge >= 0.3 is 0 Å². The molecule has 0 aliphatic rings. The molecule has 0 aliphatic carbocycles. The SMILES string of the molecule is COc1ccn(C)c(=O)c1C(=O)N(C)C. The molecule has 0 atom stereocenters. The summed E-state index contributed by atoms with van der Waals surface area (Å²) < 4.78 is 6.34. The molecule has 0 spiro atoms. The Morgan fingerprint density at radius 2 is 2.07 bits per heavy atom. The lowest BCUT2D eigenvalue weighted by molar-refractivity contribution is 0.0822. The first-order chi connectivity index (χ1) is 6.99. The Morgan fingerprint density at radius 3 is 2.53 bits per heavy atom. The minimum atomic E-state index is -0.354. The largest absolute Gasteiger partial charge is 0.496 e. The van der Waals surface area contributed by atoms with Gasteiger partial charge in [-0.05, 0) is 6.07 Å². The monoisotopic (exact) mass is 210 g/mol. The number of pyridine rings is 1. The van der Waals surface area contributed by atoms with Gasteiger partial charge in [0.2, 0.25) is 0 Å². The van der Waals surface area contributed by atoms with E-state index in [-0.39, 0.29) is 17.0 Å². The fourth-order valence-electron chi connectivity index (χ4n) is 1.20. The molecule has 1 heterocycles. The number of methoxy groups -OCH3 is 1. The molecule has 0 bridgehead atoms. The van der Waals surface area contributed by atoms with Crippen LogP contribution in [0.3, 0.4) is 0 Å². The van der Waals surface area contributed by atoms with Crippen molar-refractivity contribution in [3.63, 3.8) is 0 Å². The quantitative estimate of drug-likeness (QED) is 0.695. The van der Waals surface area contributed by atoms with Crippen LogP contribution in [0.5, 0.6) is 5.75 Å². The highest BCUT2D eigenvalue weighted by molar-refractivity contribution is 5.96. The van der Waals surface area contributed by atoms with Gasteiger partial charge in [0.15, 0.2) is 0 Å². The number of hydrogen-bond donors (Lipinski definition) is 0. The zero-order chi connectivity index (χ0) is 11.6. The Bertz CT molecular complexity index is 435. The van der Waals surface area contributed by atoms with Crippen molar-refractivity contribution >= 4 is 5.91 Å². The van der Waals surface area contributed by atoms with Crippen LogP contribution in [0.2, 0.25) is 0 Å². The minimum Gasteiger partial charge on any atom is -0.496 e. The number of carbonyl (C=O) groups is 1. The van der Waals surface area contributed by atoms with Crippen LogP contribution < -0.4 is 10.3 Å². The number of aromatic nitrogens is 1. The molecule has 1 amide bonds. The van der Waals surface area contributed by atoms with Gasteiger partial charge in [-0.1, -0.05) is 0 Å². The average Bonchev–Trinajstić information content (AvgIpc) is 2.20. The highest BCUT2D eigenvalue weighted by Crippen LogP contribution is 2.14. The fourth-order valence-corrected chi connectivity index (χ4v) is 1.20. The van der Waals surface area contributed by atoms with Gasteiger partial charge in [-0.2, -0.15) is 0 Å². The summed E-state index contributed by atoms with van der Waals surface area (Å²) in [6, 6.07) is 1.60. The topological polar surface area (TPSA) is 51.5 Å². The van der Waals surface area contributed by atoms with Crippen LogP contribution in [-0.4, -0.2) is 36.6 Å². The summed E-state index contributed by atoms with van der Waals surface area (Å²) in [5.41, 5.74) is -0.291. The number of rotatable bonds is 2. The van der Waals surface area contributed by atoms with Crippen LogP contribution in [0.15, 0.2) is 17.1 Å². The Kier molecular flexibility index (Phi) is 3.14. The molecule has 5 heteroatoms. The maximum absolute atomic E-state index is 11.7. The second-order valence-corrected chi connectivity index (χ2v) is 3.37. The van der Waals surface area contributed by atoms with Gasteiger partial charge in [0.1, 0.15) is 11.3 Å². The Labute approximate surface area is 87.9 Å². The zero-order valence-corrected chi connectivity index (χ0v) is 9.27. The molecule has 0 saturated carbocycles. The maximum atomic E-state index is 11.7. The lowest BCUT2D eigenvalue weighted by atomic mass is 10.2. The highest BCUT2D eigenvalue weighted by Gasteiger charge is 2.19. The first kappa shape index (κ1) is 11.3. The molecule has 0 aromatic carbocycles. The molecule has 5 nitrogen and oxygen atoms in total. The molecular weight excluding hydrogens is 196 g/mol. The van der Waals surface area contributed by atoms with Crippen molar-refractivity contribution in [2.45, 2.75) is 0 Å². The summed E-state index contributed by atoms with van der Waals surface area (Å²) in [7, 11) is 6.21. The van der Waals surface area contributed by atoms with Gasteiger partial charge in [-0.25, -0.2) is 0 Å². The van der Waals surface area contributed by atoms with Gasteiger partial charge in [-0.3, -0.25) is 9.59 Å². The molecule has 1 aromatic rings. The number of nitrogens with zero attached hydrogens (tertiary/aromatic N) is 2. The lowest BCUT2D eigenvalue weighted by Crippen LogP contribution is -2.31. The summed E-state index contributed by atoms with van der Waals surface area (Å²) >= 11 is 0. The van der Waals surface area contributed by atoms with Crippen LogP contribution in [0.25, 0.3) is 0 Å². The van der Waals surface area contributed by atoms with Crippen molar-refractivity contribution in [3.05, 3.63) is 28.2 Å². The Morgan fingerprint density at radius 1 is 1.47 bits per heavy atom. The van der Waals surface area contributed by atoms with E-state index in [1.807, 2.05) is 0 Å². The molecule has 1 rings (SSSR count). The van der Waals surface area contributed by atoms with Crippen LogP contribution in [0.1, 0.15) is 10.4 Å². The third-order valence-electron chi connectivity index (χ3n) is 2.07. The smallest absolute Gasteiger partial charge is 0.266 e. The average molecular weight is 210 g/mol. The zero-order valence-electron chi connectivity index (χ0n) is 9.27. The van der Waals surface area contributed by atoms with Crippen molar-refractivity contribution in [1.82, 2.24) is 9.47 Å². The lowest BCUT2D eigenvalue weighted by Gasteiger charge is -2.13. The third-order valence-corrected chi connectivity index (χ3v) is 2.07. The fraction of sp³-hybridized carbons (Fsp3) is 0.400. The van der Waals surface area contributed by atoms with Crippen LogP contribution in [-0.2, 0) is 7.05 Å². The van der Waals surface area contributed by atoms with E-state index in [1.54, 1.807) is 33.4 Å². The molecule has 0 fully saturated rings. The normalized spacial score (nSPS) is 9.87. The number of hydrogen-bond acceptors (Lipinski definition) is 3. The summed E-state index contributed by atoms with van der Waals surface area (Å²) in [6.45, 7) is 0. The van der Waals surface area contributed by atoms with E-state index in [1.165, 1.54) is 16.6 Å². The molecule has 82 valence electrons. The van der Waals surface area contributed by atoms with Gasteiger partial charge in [0, 0.05) is 27.3 Å².